The third kappa shape index (κ3) is 4.18. The highest BCUT2D eigenvalue weighted by Gasteiger charge is 2.13. The minimum Gasteiger partial charge on any atom is -0.257 e. The van der Waals surface area contributed by atoms with Gasteiger partial charge >= 0.3 is 0 Å². The van der Waals surface area contributed by atoms with E-state index in [0.717, 1.165) is 5.69 Å². The molecular weight excluding hydrogens is 194 g/mol. The molecule has 0 aliphatic rings. The molecule has 0 unspecified atom stereocenters. The minimum atomic E-state index is 0.180. The molecule has 1 aromatic rings. The summed E-state index contributed by atoms with van der Waals surface area (Å²) >= 11 is 0. The van der Waals surface area contributed by atoms with E-state index < -0.39 is 0 Å². The Bertz CT molecular complexity index is 358. The first kappa shape index (κ1) is 13.0. The number of aromatic nitrogens is 1. The van der Waals surface area contributed by atoms with Crippen molar-refractivity contribution in [3.05, 3.63) is 35.7 Å². The largest absolute Gasteiger partial charge is 0.257 e. The Morgan fingerprint density at radius 3 is 2.00 bits per heavy atom. The summed E-state index contributed by atoms with van der Waals surface area (Å²) in [5.41, 5.74) is 2.70. The molecule has 0 bridgehead atoms. The molecule has 0 radical (unpaired) electrons. The topological polar surface area (TPSA) is 12.9 Å². The third-order valence-corrected chi connectivity index (χ3v) is 2.41. The molecule has 0 atom stereocenters. The maximum Gasteiger partial charge on any atom is 0.0626 e. The second kappa shape index (κ2) is 4.40. The summed E-state index contributed by atoms with van der Waals surface area (Å²) in [5.74, 6) is 0. The number of hydrogen-bond acceptors (Lipinski definition) is 1. The van der Waals surface area contributed by atoms with Gasteiger partial charge in [0.25, 0.3) is 0 Å². The average molecular weight is 217 g/mol. The normalized spacial score (nSPS) is 13.4. The van der Waals surface area contributed by atoms with Gasteiger partial charge in [0.1, 0.15) is 0 Å². The highest BCUT2D eigenvalue weighted by atomic mass is 14.7. The van der Waals surface area contributed by atoms with Crippen LogP contribution in [0.15, 0.2) is 24.4 Å². The van der Waals surface area contributed by atoms with Crippen molar-refractivity contribution >= 4 is 6.08 Å². The van der Waals surface area contributed by atoms with Crippen molar-refractivity contribution in [1.82, 2.24) is 4.98 Å². The summed E-state index contributed by atoms with van der Waals surface area (Å²) in [6, 6.07) is 4.25. The summed E-state index contributed by atoms with van der Waals surface area (Å²) in [6.45, 7) is 13.2. The van der Waals surface area contributed by atoms with E-state index in [1.165, 1.54) is 5.56 Å². The van der Waals surface area contributed by atoms with E-state index in [2.05, 4.69) is 70.8 Å². The minimum absolute atomic E-state index is 0.180. The van der Waals surface area contributed by atoms with Gasteiger partial charge in [0.15, 0.2) is 0 Å². The van der Waals surface area contributed by atoms with E-state index in [1.54, 1.807) is 0 Å². The van der Waals surface area contributed by atoms with Crippen molar-refractivity contribution in [3.8, 4) is 0 Å². The number of allylic oxidation sites excluding steroid dienone is 1. The lowest BCUT2D eigenvalue weighted by Crippen LogP contribution is -2.11. The fourth-order valence-corrected chi connectivity index (χ4v) is 1.28. The molecule has 1 heterocycles. The highest BCUT2D eigenvalue weighted by molar-refractivity contribution is 5.45. The Kier molecular flexibility index (Phi) is 3.57. The van der Waals surface area contributed by atoms with Crippen LogP contribution in [-0.4, -0.2) is 4.98 Å². The van der Waals surface area contributed by atoms with Gasteiger partial charge in [-0.1, -0.05) is 53.7 Å². The molecule has 1 aromatic heterocycles. The maximum atomic E-state index is 4.46. The molecule has 88 valence electrons. The van der Waals surface area contributed by atoms with Gasteiger partial charge in [-0.3, -0.25) is 4.98 Å². The van der Waals surface area contributed by atoms with Gasteiger partial charge in [0, 0.05) is 6.20 Å². The molecule has 0 saturated carbocycles. The summed E-state index contributed by atoms with van der Waals surface area (Å²) in [5, 5.41) is 0. The SMILES string of the molecule is CC(C)(C)/C=C/c1ccc(C(C)(C)C)cn1. The zero-order valence-corrected chi connectivity index (χ0v) is 11.3. The van der Waals surface area contributed by atoms with Gasteiger partial charge in [0.05, 0.1) is 5.69 Å². The van der Waals surface area contributed by atoms with E-state index in [4.69, 9.17) is 0 Å². The van der Waals surface area contributed by atoms with Gasteiger partial charge in [0.2, 0.25) is 0 Å². The average Bonchev–Trinajstić information content (AvgIpc) is 2.13. The molecule has 0 amide bonds. The summed E-state index contributed by atoms with van der Waals surface area (Å²) in [6.07, 6.45) is 6.25. The van der Waals surface area contributed by atoms with Crippen molar-refractivity contribution in [2.24, 2.45) is 5.41 Å². The Balaban J connectivity index is 2.85. The second-order valence-electron chi connectivity index (χ2n) is 6.42. The molecular formula is C15H23N. The summed E-state index contributed by atoms with van der Waals surface area (Å²) in [7, 11) is 0. The number of rotatable bonds is 1. The van der Waals surface area contributed by atoms with Crippen LogP contribution in [0.4, 0.5) is 0 Å². The monoisotopic (exact) mass is 217 g/mol. The highest BCUT2D eigenvalue weighted by Crippen LogP contribution is 2.22. The fraction of sp³-hybridized carbons (Fsp3) is 0.533. The first-order chi connectivity index (χ1) is 7.18. The van der Waals surface area contributed by atoms with E-state index in [1.807, 2.05) is 6.20 Å². The molecule has 0 aliphatic carbocycles. The molecule has 0 aliphatic heterocycles. The molecule has 0 fully saturated rings. The predicted octanol–water partition coefficient (Wildman–Crippen LogP) is 4.44. The van der Waals surface area contributed by atoms with Gasteiger partial charge in [-0.05, 0) is 28.5 Å². The van der Waals surface area contributed by atoms with Crippen LogP contribution in [0.2, 0.25) is 0 Å². The standard InChI is InChI=1S/C15H23N/c1-14(2,3)10-9-13-8-7-12(11-16-13)15(4,5)6/h7-11H,1-6H3/b10-9+. The molecule has 0 saturated heterocycles. The summed E-state index contributed by atoms with van der Waals surface area (Å²) < 4.78 is 0. The first-order valence-electron chi connectivity index (χ1n) is 5.84. The Morgan fingerprint density at radius 2 is 1.62 bits per heavy atom. The lowest BCUT2D eigenvalue weighted by molar-refractivity contribution is 0.547. The van der Waals surface area contributed by atoms with Gasteiger partial charge in [-0.25, -0.2) is 0 Å². The second-order valence-corrected chi connectivity index (χ2v) is 6.42. The quantitative estimate of drug-likeness (QED) is 0.677. The van der Waals surface area contributed by atoms with Crippen LogP contribution < -0.4 is 0 Å². The zero-order chi connectivity index (χ0) is 12.4. The van der Waals surface area contributed by atoms with Crippen LogP contribution in [0, 0.1) is 5.41 Å². The zero-order valence-electron chi connectivity index (χ0n) is 11.3. The van der Waals surface area contributed by atoms with Crippen molar-refractivity contribution in [2.75, 3.05) is 0 Å². The van der Waals surface area contributed by atoms with E-state index in [-0.39, 0.29) is 10.8 Å². The lowest BCUT2D eigenvalue weighted by Gasteiger charge is -2.18. The smallest absolute Gasteiger partial charge is 0.0626 e. The molecule has 0 N–H and O–H groups in total. The molecule has 0 spiro atoms. The number of hydrogen-bond donors (Lipinski definition) is 0. The van der Waals surface area contributed by atoms with Crippen LogP contribution in [0.25, 0.3) is 6.08 Å². The van der Waals surface area contributed by atoms with Gasteiger partial charge in [-0.15, -0.1) is 0 Å². The maximum absolute atomic E-state index is 4.46. The predicted molar refractivity (Wildman–Crippen MR) is 71.4 cm³/mol. The van der Waals surface area contributed by atoms with Crippen LogP contribution >= 0.6 is 0 Å². The third-order valence-electron chi connectivity index (χ3n) is 2.41. The van der Waals surface area contributed by atoms with Gasteiger partial charge in [-0.2, -0.15) is 0 Å². The lowest BCUT2D eigenvalue weighted by atomic mass is 9.88. The van der Waals surface area contributed by atoms with Crippen LogP contribution in [-0.2, 0) is 5.41 Å². The molecule has 1 nitrogen and oxygen atoms in total. The summed E-state index contributed by atoms with van der Waals surface area (Å²) in [4.78, 5) is 4.46. The number of pyridine rings is 1. The van der Waals surface area contributed by atoms with Crippen LogP contribution in [0.3, 0.4) is 0 Å². The van der Waals surface area contributed by atoms with Gasteiger partial charge < -0.3 is 0 Å². The van der Waals surface area contributed by atoms with E-state index in [0.29, 0.717) is 0 Å². The van der Waals surface area contributed by atoms with E-state index in [9.17, 15) is 0 Å². The fourth-order valence-electron chi connectivity index (χ4n) is 1.28. The van der Waals surface area contributed by atoms with E-state index >= 15 is 0 Å². The van der Waals surface area contributed by atoms with Crippen LogP contribution in [0.1, 0.15) is 52.8 Å². The van der Waals surface area contributed by atoms with Crippen LogP contribution in [0.5, 0.6) is 0 Å². The van der Waals surface area contributed by atoms with Crippen molar-refractivity contribution in [2.45, 2.75) is 47.0 Å². The molecule has 16 heavy (non-hydrogen) atoms. The Morgan fingerprint density at radius 1 is 1.00 bits per heavy atom. The molecule has 1 heteroatoms. The van der Waals surface area contributed by atoms with Crippen molar-refractivity contribution < 1.29 is 0 Å². The Labute approximate surface area is 99.6 Å². The van der Waals surface area contributed by atoms with Crippen molar-refractivity contribution in [3.63, 3.8) is 0 Å². The molecule has 1 rings (SSSR count). The first-order valence-corrected chi connectivity index (χ1v) is 5.84. The molecule has 0 aromatic carbocycles. The van der Waals surface area contributed by atoms with Crippen molar-refractivity contribution in [1.29, 1.82) is 0 Å². The number of nitrogens with zero attached hydrogens (tertiary/aromatic N) is 1. The Hall–Kier alpha value is -1.11.